The molecule has 9 heteroatoms. The second-order valence-electron chi connectivity index (χ2n) is 9.95. The molecule has 0 bridgehead atoms. The molecule has 2 atom stereocenters. The SMILES string of the molecule is C=CC(=O)N1CCC2(CC1)OCC(n1nc(-c3ccc(Oc4ccccc4)cc3)c3c(N)ncnc31)C2C. The molecule has 1 amide bonds. The summed E-state index contributed by atoms with van der Waals surface area (Å²) in [6.07, 6.45) is 4.40. The molecule has 2 saturated heterocycles. The highest BCUT2D eigenvalue weighted by Gasteiger charge is 2.50. The normalized spacial score (nSPS) is 20.6. The summed E-state index contributed by atoms with van der Waals surface area (Å²) >= 11 is 0. The highest BCUT2D eigenvalue weighted by Crippen LogP contribution is 2.46. The number of likely N-dealkylation sites (tertiary alicyclic amines) is 1. The van der Waals surface area contributed by atoms with Gasteiger partial charge in [-0.2, -0.15) is 5.10 Å². The van der Waals surface area contributed by atoms with Crippen molar-refractivity contribution in [1.82, 2.24) is 24.6 Å². The van der Waals surface area contributed by atoms with Crippen LogP contribution in [-0.2, 0) is 9.53 Å². The predicted molar refractivity (Wildman–Crippen MR) is 145 cm³/mol. The number of aromatic nitrogens is 4. The van der Waals surface area contributed by atoms with Gasteiger partial charge < -0.3 is 20.1 Å². The number of nitrogen functional groups attached to an aromatic ring is 1. The zero-order valence-electron chi connectivity index (χ0n) is 21.3. The van der Waals surface area contributed by atoms with E-state index in [1.807, 2.05) is 64.2 Å². The third kappa shape index (κ3) is 4.09. The first-order valence-corrected chi connectivity index (χ1v) is 12.9. The van der Waals surface area contributed by atoms with E-state index >= 15 is 0 Å². The first-order chi connectivity index (χ1) is 18.5. The van der Waals surface area contributed by atoms with E-state index in [0.29, 0.717) is 31.2 Å². The molecule has 4 heterocycles. The van der Waals surface area contributed by atoms with Crippen molar-refractivity contribution in [3.63, 3.8) is 0 Å². The van der Waals surface area contributed by atoms with Crippen molar-refractivity contribution in [2.24, 2.45) is 5.92 Å². The molecule has 2 N–H and O–H groups in total. The molecule has 2 aliphatic rings. The summed E-state index contributed by atoms with van der Waals surface area (Å²) in [6, 6.07) is 17.4. The number of rotatable bonds is 5. The van der Waals surface area contributed by atoms with E-state index in [0.717, 1.165) is 41.0 Å². The Morgan fingerprint density at radius 3 is 2.53 bits per heavy atom. The minimum absolute atomic E-state index is 0.0251. The highest BCUT2D eigenvalue weighted by molar-refractivity contribution is 5.98. The lowest BCUT2D eigenvalue weighted by Gasteiger charge is -2.41. The number of benzene rings is 2. The number of nitrogens with zero attached hydrogens (tertiary/aromatic N) is 5. The summed E-state index contributed by atoms with van der Waals surface area (Å²) in [5.74, 6) is 2.03. The Hall–Kier alpha value is -4.24. The smallest absolute Gasteiger partial charge is 0.245 e. The van der Waals surface area contributed by atoms with E-state index in [1.54, 1.807) is 0 Å². The summed E-state index contributed by atoms with van der Waals surface area (Å²) in [7, 11) is 0. The fourth-order valence-corrected chi connectivity index (χ4v) is 5.73. The molecule has 4 aromatic rings. The summed E-state index contributed by atoms with van der Waals surface area (Å²) in [6.45, 7) is 7.64. The molecular weight excluding hydrogens is 480 g/mol. The third-order valence-corrected chi connectivity index (χ3v) is 7.98. The molecular formula is C29H30N6O3. The van der Waals surface area contributed by atoms with Crippen LogP contribution in [0.2, 0.25) is 0 Å². The lowest BCUT2D eigenvalue weighted by atomic mass is 9.79. The van der Waals surface area contributed by atoms with Gasteiger partial charge in [0.2, 0.25) is 5.91 Å². The van der Waals surface area contributed by atoms with Gasteiger partial charge in [0.1, 0.15) is 29.3 Å². The van der Waals surface area contributed by atoms with E-state index in [9.17, 15) is 4.79 Å². The van der Waals surface area contributed by atoms with Crippen molar-refractivity contribution in [3.8, 4) is 22.8 Å². The van der Waals surface area contributed by atoms with Gasteiger partial charge in [0.25, 0.3) is 0 Å². The number of ether oxygens (including phenoxy) is 2. The van der Waals surface area contributed by atoms with Crippen molar-refractivity contribution in [1.29, 1.82) is 0 Å². The van der Waals surface area contributed by atoms with Crippen LogP contribution in [0, 0.1) is 5.92 Å². The van der Waals surface area contributed by atoms with Gasteiger partial charge in [-0.15, -0.1) is 0 Å². The molecule has 0 radical (unpaired) electrons. The Balaban J connectivity index is 1.30. The number of carbonyl (C=O) groups is 1. The third-order valence-electron chi connectivity index (χ3n) is 7.98. The predicted octanol–water partition coefficient (Wildman–Crippen LogP) is 4.62. The van der Waals surface area contributed by atoms with Crippen LogP contribution in [0.25, 0.3) is 22.3 Å². The van der Waals surface area contributed by atoms with Gasteiger partial charge in [0.05, 0.1) is 23.6 Å². The van der Waals surface area contributed by atoms with Gasteiger partial charge in [0.15, 0.2) is 5.65 Å². The summed E-state index contributed by atoms with van der Waals surface area (Å²) in [4.78, 5) is 22.8. The van der Waals surface area contributed by atoms with Crippen molar-refractivity contribution < 1.29 is 14.3 Å². The number of carbonyl (C=O) groups excluding carboxylic acids is 1. The number of piperidine rings is 1. The molecule has 2 aromatic heterocycles. The second kappa shape index (κ2) is 9.57. The van der Waals surface area contributed by atoms with Crippen LogP contribution in [0.1, 0.15) is 25.8 Å². The summed E-state index contributed by atoms with van der Waals surface area (Å²) < 4.78 is 14.4. The molecule has 2 fully saturated rings. The van der Waals surface area contributed by atoms with Gasteiger partial charge in [-0.3, -0.25) is 4.79 Å². The van der Waals surface area contributed by atoms with E-state index in [-0.39, 0.29) is 23.5 Å². The van der Waals surface area contributed by atoms with Crippen LogP contribution < -0.4 is 10.5 Å². The molecule has 2 aromatic carbocycles. The minimum Gasteiger partial charge on any atom is -0.457 e. The summed E-state index contributed by atoms with van der Waals surface area (Å²) in [5, 5.41) is 5.76. The number of amides is 1. The average molecular weight is 511 g/mol. The topological polar surface area (TPSA) is 108 Å². The number of nitrogens with two attached hydrogens (primary N) is 1. The van der Waals surface area contributed by atoms with Crippen molar-refractivity contribution >= 4 is 22.8 Å². The fraction of sp³-hybridized carbons (Fsp3) is 0.310. The zero-order chi connectivity index (χ0) is 26.3. The lowest BCUT2D eigenvalue weighted by Crippen LogP contribution is -2.49. The Morgan fingerprint density at radius 2 is 1.82 bits per heavy atom. The van der Waals surface area contributed by atoms with Crippen LogP contribution in [0.4, 0.5) is 5.82 Å². The first kappa shape index (κ1) is 24.1. The number of para-hydroxylation sites is 1. The van der Waals surface area contributed by atoms with Gasteiger partial charge >= 0.3 is 0 Å². The Labute approximate surface area is 220 Å². The molecule has 0 aliphatic carbocycles. The summed E-state index contributed by atoms with van der Waals surface area (Å²) in [5.41, 5.74) is 8.36. The largest absolute Gasteiger partial charge is 0.457 e. The molecule has 194 valence electrons. The maximum Gasteiger partial charge on any atom is 0.245 e. The first-order valence-electron chi connectivity index (χ1n) is 12.9. The van der Waals surface area contributed by atoms with Gasteiger partial charge in [0, 0.05) is 24.6 Å². The molecule has 38 heavy (non-hydrogen) atoms. The Bertz CT molecular complexity index is 1480. The van der Waals surface area contributed by atoms with Gasteiger partial charge in [-0.25, -0.2) is 14.6 Å². The second-order valence-corrected chi connectivity index (χ2v) is 9.95. The Morgan fingerprint density at radius 1 is 1.11 bits per heavy atom. The van der Waals surface area contributed by atoms with Gasteiger partial charge in [-0.05, 0) is 55.3 Å². The number of hydrogen-bond acceptors (Lipinski definition) is 7. The number of fused-ring (bicyclic) bond motifs is 1. The Kier molecular flexibility index (Phi) is 6.07. The van der Waals surface area contributed by atoms with Crippen molar-refractivity contribution in [2.75, 3.05) is 25.4 Å². The van der Waals surface area contributed by atoms with E-state index < -0.39 is 0 Å². The zero-order valence-corrected chi connectivity index (χ0v) is 21.3. The maximum absolute atomic E-state index is 12.1. The molecule has 6 rings (SSSR count). The van der Waals surface area contributed by atoms with Crippen LogP contribution in [0.15, 0.2) is 73.6 Å². The molecule has 0 saturated carbocycles. The average Bonchev–Trinajstić information content (AvgIpc) is 3.48. The maximum atomic E-state index is 12.1. The molecule has 1 spiro atoms. The molecule has 2 unspecified atom stereocenters. The standard InChI is InChI=1S/C29H30N6O3/c1-3-24(36)34-15-13-29(14-16-34)19(2)23(17-37-29)35-28-25(27(30)31-18-32-28)26(33-35)20-9-11-22(12-10-20)38-21-7-5-4-6-8-21/h3-12,18-19,23H,1,13-17H2,2H3,(H2,30,31,32). The van der Waals surface area contributed by atoms with E-state index in [1.165, 1.54) is 12.4 Å². The van der Waals surface area contributed by atoms with Crippen molar-refractivity contribution in [2.45, 2.75) is 31.4 Å². The number of anilines is 1. The quantitative estimate of drug-likeness (QED) is 0.390. The fourth-order valence-electron chi connectivity index (χ4n) is 5.73. The van der Waals surface area contributed by atoms with Crippen LogP contribution in [0.5, 0.6) is 11.5 Å². The van der Waals surface area contributed by atoms with Crippen molar-refractivity contribution in [3.05, 3.63) is 73.6 Å². The molecule has 9 nitrogen and oxygen atoms in total. The van der Waals surface area contributed by atoms with Crippen LogP contribution >= 0.6 is 0 Å². The van der Waals surface area contributed by atoms with Crippen LogP contribution in [-0.4, -0.2) is 55.9 Å². The van der Waals surface area contributed by atoms with Crippen LogP contribution in [0.3, 0.4) is 0 Å². The monoisotopic (exact) mass is 510 g/mol. The van der Waals surface area contributed by atoms with E-state index in [4.69, 9.17) is 20.3 Å². The molecule has 2 aliphatic heterocycles. The number of hydrogen-bond donors (Lipinski definition) is 1. The van der Waals surface area contributed by atoms with Gasteiger partial charge in [-0.1, -0.05) is 31.7 Å². The lowest BCUT2D eigenvalue weighted by molar-refractivity contribution is -0.132. The highest BCUT2D eigenvalue weighted by atomic mass is 16.5. The minimum atomic E-state index is -0.309. The van der Waals surface area contributed by atoms with E-state index in [2.05, 4.69) is 23.5 Å².